The van der Waals surface area contributed by atoms with E-state index in [2.05, 4.69) is 16.0 Å². The van der Waals surface area contributed by atoms with Gasteiger partial charge in [-0.2, -0.15) is 0 Å². The molecule has 0 atom stereocenters. The zero-order valence-electron chi connectivity index (χ0n) is 15.4. The number of benzene rings is 1. The van der Waals surface area contributed by atoms with Crippen LogP contribution in [-0.2, 0) is 14.3 Å². The van der Waals surface area contributed by atoms with Crippen molar-refractivity contribution in [1.29, 1.82) is 0 Å². The average Bonchev–Trinajstić information content (AvgIpc) is 2.64. The number of anilines is 1. The maximum Gasteiger partial charge on any atom is 0.252 e. The van der Waals surface area contributed by atoms with Gasteiger partial charge in [0.15, 0.2) is 0 Å². The molecule has 1 aromatic rings. The molecule has 8 heteroatoms. The minimum absolute atomic E-state index is 0.147. The standard InChI is InChI=1S/C18H26ClN3O4/c1-12-10-14(15(25-2)11-13(12)19)22-16(23)4-7-21-17(24)18(26-3)5-8-20-9-6-18/h10-11,20H,4-9H2,1-3H3,(H,21,24)(H,22,23). The number of carbonyl (C=O) groups excluding carboxylic acids is 2. The number of carbonyl (C=O) groups is 2. The third-order valence-corrected chi connectivity index (χ3v) is 5.02. The van der Waals surface area contributed by atoms with Gasteiger partial charge in [-0.25, -0.2) is 0 Å². The van der Waals surface area contributed by atoms with E-state index in [-0.39, 0.29) is 24.8 Å². The maximum atomic E-state index is 12.4. The summed E-state index contributed by atoms with van der Waals surface area (Å²) in [7, 11) is 3.06. The maximum absolute atomic E-state index is 12.4. The molecular weight excluding hydrogens is 358 g/mol. The fourth-order valence-corrected chi connectivity index (χ4v) is 3.10. The summed E-state index contributed by atoms with van der Waals surface area (Å²) in [5.74, 6) is 0.0994. The molecule has 0 spiro atoms. The highest BCUT2D eigenvalue weighted by Crippen LogP contribution is 2.31. The SMILES string of the molecule is COc1cc(Cl)c(C)cc1NC(=O)CCNC(=O)C1(OC)CCNCC1. The molecule has 0 radical (unpaired) electrons. The van der Waals surface area contributed by atoms with Gasteiger partial charge in [0, 0.05) is 31.2 Å². The van der Waals surface area contributed by atoms with Crippen molar-refractivity contribution in [3.05, 3.63) is 22.7 Å². The Bertz CT molecular complexity index is 660. The Kier molecular flexibility index (Phi) is 7.25. The number of aryl methyl sites for hydroxylation is 1. The zero-order chi connectivity index (χ0) is 19.2. The molecular formula is C18H26ClN3O4. The van der Waals surface area contributed by atoms with Crippen LogP contribution in [0, 0.1) is 6.92 Å². The molecule has 0 aliphatic carbocycles. The van der Waals surface area contributed by atoms with Gasteiger partial charge in [-0.3, -0.25) is 9.59 Å². The predicted octanol–water partition coefficient (Wildman–Crippen LogP) is 1.87. The van der Waals surface area contributed by atoms with E-state index in [0.717, 1.165) is 18.7 Å². The molecule has 0 bridgehead atoms. The average molecular weight is 384 g/mol. The third-order valence-electron chi connectivity index (χ3n) is 4.61. The van der Waals surface area contributed by atoms with Crippen molar-refractivity contribution in [2.45, 2.75) is 31.8 Å². The summed E-state index contributed by atoms with van der Waals surface area (Å²) in [4.78, 5) is 24.6. The lowest BCUT2D eigenvalue weighted by Gasteiger charge is -2.34. The molecule has 1 saturated heterocycles. The van der Waals surface area contributed by atoms with Gasteiger partial charge in [-0.05, 0) is 44.5 Å². The second kappa shape index (κ2) is 9.21. The number of piperidine rings is 1. The van der Waals surface area contributed by atoms with Crippen LogP contribution in [0.4, 0.5) is 5.69 Å². The second-order valence-corrected chi connectivity index (χ2v) is 6.71. The fraction of sp³-hybridized carbons (Fsp3) is 0.556. The van der Waals surface area contributed by atoms with Crippen molar-refractivity contribution in [3.63, 3.8) is 0 Å². The first-order chi connectivity index (χ1) is 12.4. The van der Waals surface area contributed by atoms with Crippen LogP contribution >= 0.6 is 11.6 Å². The Morgan fingerprint density at radius 1 is 1.27 bits per heavy atom. The lowest BCUT2D eigenvalue weighted by atomic mass is 9.91. The molecule has 1 heterocycles. The van der Waals surface area contributed by atoms with E-state index in [1.54, 1.807) is 19.2 Å². The first kappa shape index (κ1) is 20.5. The molecule has 7 nitrogen and oxygen atoms in total. The molecule has 0 unspecified atom stereocenters. The van der Waals surface area contributed by atoms with E-state index >= 15 is 0 Å². The highest BCUT2D eigenvalue weighted by Gasteiger charge is 2.39. The van der Waals surface area contributed by atoms with Crippen LogP contribution in [0.1, 0.15) is 24.8 Å². The molecule has 26 heavy (non-hydrogen) atoms. The number of ether oxygens (including phenoxy) is 2. The summed E-state index contributed by atoms with van der Waals surface area (Å²) < 4.78 is 10.7. The van der Waals surface area contributed by atoms with Crippen LogP contribution in [0.2, 0.25) is 5.02 Å². The first-order valence-corrected chi connectivity index (χ1v) is 8.98. The number of hydrogen-bond donors (Lipinski definition) is 3. The second-order valence-electron chi connectivity index (χ2n) is 6.30. The van der Waals surface area contributed by atoms with Crippen LogP contribution in [0.15, 0.2) is 12.1 Å². The van der Waals surface area contributed by atoms with Gasteiger partial charge in [0.1, 0.15) is 11.4 Å². The van der Waals surface area contributed by atoms with Crippen molar-refractivity contribution in [2.75, 3.05) is 39.2 Å². The molecule has 0 saturated carbocycles. The van der Waals surface area contributed by atoms with E-state index in [1.165, 1.54) is 7.11 Å². The summed E-state index contributed by atoms with van der Waals surface area (Å²) in [6.45, 7) is 3.55. The third kappa shape index (κ3) is 4.87. The van der Waals surface area contributed by atoms with Gasteiger partial charge < -0.3 is 25.4 Å². The highest BCUT2D eigenvalue weighted by molar-refractivity contribution is 6.31. The zero-order valence-corrected chi connectivity index (χ0v) is 16.2. The Balaban J connectivity index is 1.87. The largest absolute Gasteiger partial charge is 0.495 e. The van der Waals surface area contributed by atoms with Crippen molar-refractivity contribution >= 4 is 29.1 Å². The van der Waals surface area contributed by atoms with E-state index < -0.39 is 5.60 Å². The van der Waals surface area contributed by atoms with E-state index in [9.17, 15) is 9.59 Å². The Morgan fingerprint density at radius 2 is 1.96 bits per heavy atom. The van der Waals surface area contributed by atoms with E-state index in [4.69, 9.17) is 21.1 Å². The molecule has 1 aliphatic rings. The summed E-state index contributed by atoms with van der Waals surface area (Å²) in [6.07, 6.45) is 1.38. The van der Waals surface area contributed by atoms with Gasteiger partial charge in [0.25, 0.3) is 5.91 Å². The molecule has 1 aliphatic heterocycles. The molecule has 144 valence electrons. The quantitative estimate of drug-likeness (QED) is 0.669. The Hall–Kier alpha value is -1.83. The Labute approximate surface area is 158 Å². The molecule has 3 N–H and O–H groups in total. The minimum atomic E-state index is -0.807. The van der Waals surface area contributed by atoms with E-state index in [0.29, 0.717) is 29.3 Å². The summed E-state index contributed by atoms with van der Waals surface area (Å²) >= 11 is 6.06. The molecule has 2 rings (SSSR count). The predicted molar refractivity (Wildman–Crippen MR) is 101 cm³/mol. The number of halogens is 1. The number of amides is 2. The van der Waals surface area contributed by atoms with Crippen LogP contribution in [0.5, 0.6) is 5.75 Å². The number of methoxy groups -OCH3 is 2. The van der Waals surface area contributed by atoms with Crippen molar-refractivity contribution < 1.29 is 19.1 Å². The lowest BCUT2D eigenvalue weighted by molar-refractivity contribution is -0.146. The molecule has 0 aromatic heterocycles. The van der Waals surface area contributed by atoms with Gasteiger partial charge >= 0.3 is 0 Å². The summed E-state index contributed by atoms with van der Waals surface area (Å²) in [5.41, 5.74) is 0.583. The van der Waals surface area contributed by atoms with E-state index in [1.807, 2.05) is 6.92 Å². The van der Waals surface area contributed by atoms with Gasteiger partial charge in [-0.15, -0.1) is 0 Å². The smallest absolute Gasteiger partial charge is 0.252 e. The number of nitrogens with one attached hydrogen (secondary N) is 3. The van der Waals surface area contributed by atoms with Crippen LogP contribution < -0.4 is 20.7 Å². The monoisotopic (exact) mass is 383 g/mol. The molecule has 1 aromatic carbocycles. The summed E-state index contributed by atoms with van der Waals surface area (Å²) in [5, 5.41) is 9.37. The number of rotatable bonds is 7. The number of hydrogen-bond acceptors (Lipinski definition) is 5. The highest BCUT2D eigenvalue weighted by atomic mass is 35.5. The fourth-order valence-electron chi connectivity index (χ4n) is 2.95. The topological polar surface area (TPSA) is 88.7 Å². The van der Waals surface area contributed by atoms with Gasteiger partial charge in [-0.1, -0.05) is 11.6 Å². The van der Waals surface area contributed by atoms with Crippen LogP contribution in [0.25, 0.3) is 0 Å². The van der Waals surface area contributed by atoms with Gasteiger partial charge in [0.2, 0.25) is 5.91 Å². The Morgan fingerprint density at radius 3 is 2.58 bits per heavy atom. The first-order valence-electron chi connectivity index (χ1n) is 8.60. The van der Waals surface area contributed by atoms with Crippen molar-refractivity contribution in [1.82, 2.24) is 10.6 Å². The van der Waals surface area contributed by atoms with Crippen molar-refractivity contribution in [2.24, 2.45) is 0 Å². The van der Waals surface area contributed by atoms with Crippen molar-refractivity contribution in [3.8, 4) is 5.75 Å². The molecule has 1 fully saturated rings. The minimum Gasteiger partial charge on any atom is -0.495 e. The lowest BCUT2D eigenvalue weighted by Crippen LogP contribution is -2.54. The molecule has 2 amide bonds. The van der Waals surface area contributed by atoms with Crippen LogP contribution in [-0.4, -0.2) is 51.3 Å². The summed E-state index contributed by atoms with van der Waals surface area (Å²) in [6, 6.07) is 3.42. The normalized spacial score (nSPS) is 16.0. The van der Waals surface area contributed by atoms with Crippen LogP contribution in [0.3, 0.4) is 0 Å². The van der Waals surface area contributed by atoms with Gasteiger partial charge in [0.05, 0.1) is 12.8 Å².